The van der Waals surface area contributed by atoms with Crippen LogP contribution in [0.4, 0.5) is 5.69 Å². The molecule has 0 saturated carbocycles. The van der Waals surface area contributed by atoms with Crippen molar-refractivity contribution in [3.8, 4) is 10.6 Å². The average Bonchev–Trinajstić information content (AvgIpc) is 3.32. The fourth-order valence-corrected chi connectivity index (χ4v) is 4.37. The number of carbonyl (C=O) groups excluding carboxylic acids is 2. The molecule has 0 atom stereocenters. The lowest BCUT2D eigenvalue weighted by Crippen LogP contribution is -2.30. The average molecular weight is 400 g/mol. The van der Waals surface area contributed by atoms with E-state index in [0.29, 0.717) is 34.9 Å². The molecule has 2 heterocycles. The maximum atomic E-state index is 12.6. The molecule has 0 aliphatic heterocycles. The van der Waals surface area contributed by atoms with Gasteiger partial charge in [0.05, 0.1) is 5.69 Å². The maximum absolute atomic E-state index is 12.6. The Balaban J connectivity index is 1.72. The van der Waals surface area contributed by atoms with E-state index in [4.69, 9.17) is 0 Å². The Morgan fingerprint density at radius 1 is 1.11 bits per heavy atom. The van der Waals surface area contributed by atoms with Crippen molar-refractivity contribution in [3.63, 3.8) is 0 Å². The Morgan fingerprint density at radius 2 is 1.81 bits per heavy atom. The van der Waals surface area contributed by atoms with Crippen molar-refractivity contribution < 1.29 is 9.59 Å². The van der Waals surface area contributed by atoms with E-state index in [9.17, 15) is 9.59 Å². The molecule has 140 valence electrons. The molecule has 0 unspecified atom stereocenters. The number of carbonyl (C=O) groups is 2. The molecule has 1 aromatic carbocycles. The summed E-state index contributed by atoms with van der Waals surface area (Å²) < 4.78 is 0. The minimum atomic E-state index is -0.186. The van der Waals surface area contributed by atoms with Crippen LogP contribution in [-0.2, 0) is 0 Å². The van der Waals surface area contributed by atoms with E-state index in [1.54, 1.807) is 40.5 Å². The van der Waals surface area contributed by atoms with Gasteiger partial charge in [0.25, 0.3) is 11.8 Å². The highest BCUT2D eigenvalue weighted by molar-refractivity contribution is 7.17. The molecule has 27 heavy (non-hydrogen) atoms. The van der Waals surface area contributed by atoms with Crippen LogP contribution >= 0.6 is 22.7 Å². The van der Waals surface area contributed by atoms with Crippen molar-refractivity contribution in [1.82, 2.24) is 9.88 Å². The predicted octanol–water partition coefficient (Wildman–Crippen LogP) is 4.91. The van der Waals surface area contributed by atoms with Gasteiger partial charge in [0.1, 0.15) is 9.88 Å². The highest BCUT2D eigenvalue weighted by Crippen LogP contribution is 2.29. The third kappa shape index (κ3) is 4.26. The third-order valence-corrected chi connectivity index (χ3v) is 6.10. The zero-order valence-electron chi connectivity index (χ0n) is 15.5. The first-order valence-electron chi connectivity index (χ1n) is 8.74. The number of hydrogen-bond acceptors (Lipinski definition) is 5. The second-order valence-electron chi connectivity index (χ2n) is 5.95. The molecule has 0 fully saturated rings. The molecular weight excluding hydrogens is 378 g/mol. The van der Waals surface area contributed by atoms with Crippen molar-refractivity contribution >= 4 is 40.2 Å². The van der Waals surface area contributed by atoms with Crippen molar-refractivity contribution in [1.29, 1.82) is 0 Å². The number of aromatic nitrogens is 1. The maximum Gasteiger partial charge on any atom is 0.267 e. The number of amides is 2. The molecule has 0 spiro atoms. The van der Waals surface area contributed by atoms with Crippen molar-refractivity contribution in [2.75, 3.05) is 18.4 Å². The molecule has 3 aromatic rings. The minimum Gasteiger partial charge on any atom is -0.339 e. The van der Waals surface area contributed by atoms with Crippen LogP contribution in [0, 0.1) is 6.92 Å². The molecule has 0 bridgehead atoms. The van der Waals surface area contributed by atoms with E-state index in [-0.39, 0.29) is 11.8 Å². The minimum absolute atomic E-state index is 0.00316. The topological polar surface area (TPSA) is 62.3 Å². The van der Waals surface area contributed by atoms with Gasteiger partial charge in [-0.3, -0.25) is 9.59 Å². The third-order valence-electron chi connectivity index (χ3n) is 4.21. The van der Waals surface area contributed by atoms with E-state index in [1.165, 1.54) is 11.3 Å². The molecule has 2 aromatic heterocycles. The Kier molecular flexibility index (Phi) is 6.03. The van der Waals surface area contributed by atoms with Gasteiger partial charge < -0.3 is 10.2 Å². The lowest BCUT2D eigenvalue weighted by Gasteiger charge is -2.18. The number of nitrogens with one attached hydrogen (secondary N) is 1. The van der Waals surface area contributed by atoms with E-state index in [2.05, 4.69) is 10.3 Å². The number of nitrogens with zero attached hydrogens (tertiary/aromatic N) is 2. The number of benzene rings is 1. The molecule has 7 heteroatoms. The van der Waals surface area contributed by atoms with Gasteiger partial charge in [-0.15, -0.1) is 11.3 Å². The van der Waals surface area contributed by atoms with Crippen LogP contribution in [0.5, 0.6) is 0 Å². The molecular formula is C20H21N3O2S2. The zero-order chi connectivity index (χ0) is 19.4. The second-order valence-corrected chi connectivity index (χ2v) is 7.73. The first-order chi connectivity index (χ1) is 13.0. The first-order valence-corrected chi connectivity index (χ1v) is 10.5. The summed E-state index contributed by atoms with van der Waals surface area (Å²) in [6.07, 6.45) is 0. The second kappa shape index (κ2) is 8.45. The lowest BCUT2D eigenvalue weighted by molar-refractivity contribution is 0.0773. The highest BCUT2D eigenvalue weighted by atomic mass is 32.1. The largest absolute Gasteiger partial charge is 0.339 e. The van der Waals surface area contributed by atoms with Gasteiger partial charge in [-0.25, -0.2) is 4.98 Å². The smallest absolute Gasteiger partial charge is 0.267 e. The van der Waals surface area contributed by atoms with Gasteiger partial charge >= 0.3 is 0 Å². The number of aryl methyl sites for hydroxylation is 1. The fourth-order valence-electron chi connectivity index (χ4n) is 2.69. The molecule has 0 aliphatic carbocycles. The van der Waals surface area contributed by atoms with E-state index >= 15 is 0 Å². The van der Waals surface area contributed by atoms with Crippen LogP contribution in [0.3, 0.4) is 0 Å². The van der Waals surface area contributed by atoms with Crippen molar-refractivity contribution in [2.24, 2.45) is 0 Å². The summed E-state index contributed by atoms with van der Waals surface area (Å²) in [7, 11) is 0. The van der Waals surface area contributed by atoms with Gasteiger partial charge in [-0.05, 0) is 56.5 Å². The summed E-state index contributed by atoms with van der Waals surface area (Å²) in [5, 5.41) is 7.75. The number of rotatable bonds is 6. The van der Waals surface area contributed by atoms with Crippen LogP contribution in [-0.4, -0.2) is 34.8 Å². The van der Waals surface area contributed by atoms with Gasteiger partial charge in [0, 0.05) is 35.3 Å². The summed E-state index contributed by atoms with van der Waals surface area (Å²) in [4.78, 5) is 31.8. The summed E-state index contributed by atoms with van der Waals surface area (Å²) in [5.74, 6) is -0.189. The van der Waals surface area contributed by atoms with Gasteiger partial charge in [-0.2, -0.15) is 11.3 Å². The summed E-state index contributed by atoms with van der Waals surface area (Å²) >= 11 is 2.99. The fraction of sp³-hybridized carbons (Fsp3) is 0.250. The Morgan fingerprint density at radius 3 is 2.41 bits per heavy atom. The first kappa shape index (κ1) is 19.3. The van der Waals surface area contributed by atoms with Crippen molar-refractivity contribution in [3.05, 3.63) is 57.2 Å². The summed E-state index contributed by atoms with van der Waals surface area (Å²) in [6, 6.07) is 8.99. The Hall–Kier alpha value is -2.51. The molecule has 5 nitrogen and oxygen atoms in total. The summed E-state index contributed by atoms with van der Waals surface area (Å²) in [6.45, 7) is 7.10. The van der Waals surface area contributed by atoms with Gasteiger partial charge in [0.15, 0.2) is 0 Å². The number of thiazole rings is 1. The molecule has 0 radical (unpaired) electrons. The summed E-state index contributed by atoms with van der Waals surface area (Å²) in [5.41, 5.74) is 3.02. The van der Waals surface area contributed by atoms with Crippen LogP contribution < -0.4 is 5.32 Å². The van der Waals surface area contributed by atoms with Gasteiger partial charge in [0.2, 0.25) is 0 Å². The Labute approximate surface area is 166 Å². The molecule has 0 saturated heterocycles. The normalized spacial score (nSPS) is 10.6. The van der Waals surface area contributed by atoms with E-state index < -0.39 is 0 Å². The van der Waals surface area contributed by atoms with Crippen LogP contribution in [0.1, 0.15) is 39.6 Å². The Bertz CT molecular complexity index is 927. The van der Waals surface area contributed by atoms with Crippen molar-refractivity contribution in [2.45, 2.75) is 20.8 Å². The van der Waals surface area contributed by atoms with Crippen LogP contribution in [0.15, 0.2) is 41.1 Å². The highest BCUT2D eigenvalue weighted by Gasteiger charge is 2.17. The van der Waals surface area contributed by atoms with E-state index in [0.717, 1.165) is 10.6 Å². The molecule has 2 amide bonds. The zero-order valence-corrected chi connectivity index (χ0v) is 17.1. The standard InChI is InChI=1S/C20H21N3O2S2/c1-4-23(5-2)20(25)14-6-8-16(9-7-14)22-18(24)17-13(3)21-19(27-17)15-10-11-26-12-15/h6-12H,4-5H2,1-3H3,(H,22,24). The SMILES string of the molecule is CCN(CC)C(=O)c1ccc(NC(=O)c2sc(-c3ccsc3)nc2C)cc1. The van der Waals surface area contributed by atoms with Crippen LogP contribution in [0.25, 0.3) is 10.6 Å². The predicted molar refractivity (Wildman–Crippen MR) is 112 cm³/mol. The number of hydrogen-bond donors (Lipinski definition) is 1. The monoisotopic (exact) mass is 399 g/mol. The number of anilines is 1. The van der Waals surface area contributed by atoms with Gasteiger partial charge in [-0.1, -0.05) is 0 Å². The molecule has 0 aliphatic rings. The lowest BCUT2D eigenvalue weighted by atomic mass is 10.1. The molecule has 3 rings (SSSR count). The van der Waals surface area contributed by atoms with E-state index in [1.807, 2.05) is 37.6 Å². The number of thiophene rings is 1. The van der Waals surface area contributed by atoms with Crippen LogP contribution in [0.2, 0.25) is 0 Å². The quantitative estimate of drug-likeness (QED) is 0.640. The molecule has 1 N–H and O–H groups in total.